The van der Waals surface area contributed by atoms with Crippen molar-refractivity contribution >= 4 is 11.8 Å². The van der Waals surface area contributed by atoms with Gasteiger partial charge >= 0.3 is 0 Å². The maximum absolute atomic E-state index is 6.26. The summed E-state index contributed by atoms with van der Waals surface area (Å²) in [7, 11) is 1.70. The summed E-state index contributed by atoms with van der Waals surface area (Å²) in [5.41, 5.74) is 8.61. The Hall–Kier alpha value is -0.670. The van der Waals surface area contributed by atoms with Crippen LogP contribution >= 0.6 is 11.8 Å². The minimum atomic E-state index is 0.0528. The minimum absolute atomic E-state index is 0.0528. The van der Waals surface area contributed by atoms with Gasteiger partial charge in [0.1, 0.15) is 5.75 Å². The zero-order chi connectivity index (χ0) is 13.5. The Morgan fingerprint density at radius 1 is 1.33 bits per heavy atom. The fourth-order valence-corrected chi connectivity index (χ4v) is 3.00. The van der Waals surface area contributed by atoms with E-state index < -0.39 is 0 Å². The Kier molecular flexibility index (Phi) is 6.58. The van der Waals surface area contributed by atoms with Gasteiger partial charge in [0.15, 0.2) is 0 Å². The van der Waals surface area contributed by atoms with E-state index in [1.807, 2.05) is 17.8 Å². The molecule has 1 atom stereocenters. The number of thioether (sulfide) groups is 1. The SMILES string of the molecule is COc1ccc(C)cc1C(N)CSCCC(C)C. The first-order chi connectivity index (χ1) is 8.54. The Labute approximate surface area is 115 Å². The molecule has 0 aliphatic rings. The highest BCUT2D eigenvalue weighted by Crippen LogP contribution is 2.27. The number of methoxy groups -OCH3 is 1. The summed E-state index contributed by atoms with van der Waals surface area (Å²) in [6, 6.07) is 6.24. The Morgan fingerprint density at radius 2 is 2.06 bits per heavy atom. The molecule has 3 heteroatoms. The zero-order valence-corrected chi connectivity index (χ0v) is 12.7. The molecular formula is C15H25NOS. The van der Waals surface area contributed by atoms with Crippen LogP contribution in [0.3, 0.4) is 0 Å². The van der Waals surface area contributed by atoms with Gasteiger partial charge in [-0.2, -0.15) is 11.8 Å². The van der Waals surface area contributed by atoms with Gasteiger partial charge in [0, 0.05) is 17.4 Å². The second-order valence-corrected chi connectivity index (χ2v) is 6.26. The normalized spacial score (nSPS) is 12.8. The third-order valence-electron chi connectivity index (χ3n) is 2.92. The van der Waals surface area contributed by atoms with Crippen LogP contribution in [0.15, 0.2) is 18.2 Å². The number of ether oxygens (including phenoxy) is 1. The summed E-state index contributed by atoms with van der Waals surface area (Å²) in [5.74, 6) is 3.80. The van der Waals surface area contributed by atoms with Gasteiger partial charge in [0.2, 0.25) is 0 Å². The molecular weight excluding hydrogens is 242 g/mol. The molecule has 0 aliphatic heterocycles. The van der Waals surface area contributed by atoms with Gasteiger partial charge in [-0.25, -0.2) is 0 Å². The van der Waals surface area contributed by atoms with Crippen molar-refractivity contribution in [2.75, 3.05) is 18.6 Å². The van der Waals surface area contributed by atoms with E-state index in [4.69, 9.17) is 10.5 Å². The Bertz CT molecular complexity index is 366. The first-order valence-electron chi connectivity index (χ1n) is 6.52. The predicted molar refractivity (Wildman–Crippen MR) is 81.4 cm³/mol. The first-order valence-corrected chi connectivity index (χ1v) is 7.68. The van der Waals surface area contributed by atoms with Crippen LogP contribution in [0, 0.1) is 12.8 Å². The molecule has 0 spiro atoms. The number of hydrogen-bond donors (Lipinski definition) is 1. The monoisotopic (exact) mass is 267 g/mol. The van der Waals surface area contributed by atoms with Crippen molar-refractivity contribution in [2.24, 2.45) is 11.7 Å². The maximum Gasteiger partial charge on any atom is 0.123 e. The van der Waals surface area contributed by atoms with Crippen LogP contribution in [0.1, 0.15) is 37.4 Å². The average Bonchev–Trinajstić information content (AvgIpc) is 2.34. The standard InChI is InChI=1S/C15H25NOS/c1-11(2)7-8-18-10-14(16)13-9-12(3)5-6-15(13)17-4/h5-6,9,11,14H,7-8,10,16H2,1-4H3. The lowest BCUT2D eigenvalue weighted by molar-refractivity contribution is 0.407. The van der Waals surface area contributed by atoms with E-state index in [1.165, 1.54) is 17.7 Å². The number of aryl methyl sites for hydroxylation is 1. The van der Waals surface area contributed by atoms with Gasteiger partial charge in [0.25, 0.3) is 0 Å². The topological polar surface area (TPSA) is 35.2 Å². The third-order valence-corrected chi connectivity index (χ3v) is 4.04. The van der Waals surface area contributed by atoms with Gasteiger partial charge in [-0.15, -0.1) is 0 Å². The fraction of sp³-hybridized carbons (Fsp3) is 0.600. The summed E-state index contributed by atoms with van der Waals surface area (Å²) in [6.45, 7) is 6.59. The highest BCUT2D eigenvalue weighted by molar-refractivity contribution is 7.99. The lowest BCUT2D eigenvalue weighted by Gasteiger charge is -2.16. The van der Waals surface area contributed by atoms with Crippen LogP contribution in [0.2, 0.25) is 0 Å². The van der Waals surface area contributed by atoms with E-state index in [9.17, 15) is 0 Å². The molecule has 0 saturated carbocycles. The van der Waals surface area contributed by atoms with E-state index in [0.29, 0.717) is 0 Å². The molecule has 0 aromatic heterocycles. The lowest BCUT2D eigenvalue weighted by Crippen LogP contribution is -2.15. The molecule has 18 heavy (non-hydrogen) atoms. The summed E-state index contributed by atoms with van der Waals surface area (Å²) >= 11 is 1.93. The molecule has 2 nitrogen and oxygen atoms in total. The van der Waals surface area contributed by atoms with Gasteiger partial charge in [-0.3, -0.25) is 0 Å². The highest BCUT2D eigenvalue weighted by atomic mass is 32.2. The van der Waals surface area contributed by atoms with E-state index in [2.05, 4.69) is 32.9 Å². The van der Waals surface area contributed by atoms with E-state index in [-0.39, 0.29) is 6.04 Å². The van der Waals surface area contributed by atoms with Gasteiger partial charge in [0.05, 0.1) is 7.11 Å². The molecule has 2 N–H and O–H groups in total. The van der Waals surface area contributed by atoms with Crippen LogP contribution in [0.5, 0.6) is 5.75 Å². The van der Waals surface area contributed by atoms with E-state index in [0.717, 1.165) is 23.0 Å². The molecule has 1 unspecified atom stereocenters. The van der Waals surface area contributed by atoms with Crippen LogP contribution in [-0.4, -0.2) is 18.6 Å². The van der Waals surface area contributed by atoms with Crippen LogP contribution < -0.4 is 10.5 Å². The maximum atomic E-state index is 6.26. The Morgan fingerprint density at radius 3 is 2.67 bits per heavy atom. The zero-order valence-electron chi connectivity index (χ0n) is 11.9. The summed E-state index contributed by atoms with van der Waals surface area (Å²) < 4.78 is 5.38. The minimum Gasteiger partial charge on any atom is -0.496 e. The molecule has 1 aromatic rings. The quantitative estimate of drug-likeness (QED) is 0.764. The molecule has 0 amide bonds. The molecule has 0 fully saturated rings. The number of nitrogens with two attached hydrogens (primary N) is 1. The summed E-state index contributed by atoms with van der Waals surface area (Å²) in [5, 5.41) is 0. The Balaban J connectivity index is 2.55. The second kappa shape index (κ2) is 7.70. The molecule has 1 aromatic carbocycles. The third kappa shape index (κ3) is 4.91. The fourth-order valence-electron chi connectivity index (χ4n) is 1.76. The number of benzene rings is 1. The average molecular weight is 267 g/mol. The summed E-state index contributed by atoms with van der Waals surface area (Å²) in [4.78, 5) is 0. The number of rotatable bonds is 7. The highest BCUT2D eigenvalue weighted by Gasteiger charge is 2.12. The van der Waals surface area contributed by atoms with Crippen molar-refractivity contribution in [3.8, 4) is 5.75 Å². The van der Waals surface area contributed by atoms with Crippen LogP contribution in [-0.2, 0) is 0 Å². The van der Waals surface area contributed by atoms with Gasteiger partial charge in [-0.05, 0) is 31.1 Å². The molecule has 0 bridgehead atoms. The largest absolute Gasteiger partial charge is 0.496 e. The van der Waals surface area contributed by atoms with Crippen molar-refractivity contribution in [2.45, 2.75) is 33.2 Å². The van der Waals surface area contributed by atoms with E-state index >= 15 is 0 Å². The molecule has 0 heterocycles. The second-order valence-electron chi connectivity index (χ2n) is 5.11. The molecule has 102 valence electrons. The van der Waals surface area contributed by atoms with Crippen molar-refractivity contribution in [3.05, 3.63) is 29.3 Å². The van der Waals surface area contributed by atoms with Gasteiger partial charge in [-0.1, -0.05) is 31.5 Å². The van der Waals surface area contributed by atoms with Crippen molar-refractivity contribution < 1.29 is 4.74 Å². The van der Waals surface area contributed by atoms with Crippen molar-refractivity contribution in [3.63, 3.8) is 0 Å². The molecule has 0 saturated heterocycles. The van der Waals surface area contributed by atoms with E-state index in [1.54, 1.807) is 7.11 Å². The lowest BCUT2D eigenvalue weighted by atomic mass is 10.1. The predicted octanol–water partition coefficient (Wildman–Crippen LogP) is 3.78. The number of hydrogen-bond acceptors (Lipinski definition) is 3. The van der Waals surface area contributed by atoms with Crippen molar-refractivity contribution in [1.82, 2.24) is 0 Å². The summed E-state index contributed by atoms with van der Waals surface area (Å²) in [6.07, 6.45) is 1.25. The molecule has 0 radical (unpaired) electrons. The van der Waals surface area contributed by atoms with Crippen LogP contribution in [0.4, 0.5) is 0 Å². The van der Waals surface area contributed by atoms with Crippen LogP contribution in [0.25, 0.3) is 0 Å². The molecule has 1 rings (SSSR count). The molecule has 0 aliphatic carbocycles. The first kappa shape index (κ1) is 15.4. The smallest absolute Gasteiger partial charge is 0.123 e. The van der Waals surface area contributed by atoms with Crippen molar-refractivity contribution in [1.29, 1.82) is 0 Å². The van der Waals surface area contributed by atoms with Gasteiger partial charge < -0.3 is 10.5 Å².